The summed E-state index contributed by atoms with van der Waals surface area (Å²) < 4.78 is 86.9. The van der Waals surface area contributed by atoms with Crippen LogP contribution in [0.3, 0.4) is 0 Å². The molecule has 8 nitrogen and oxygen atoms in total. The molecule has 1 amide bonds. The fourth-order valence-electron chi connectivity index (χ4n) is 6.85. The monoisotopic (exact) mass is 679 g/mol. The van der Waals surface area contributed by atoms with Crippen LogP contribution in [-0.2, 0) is 32.5 Å². The minimum Gasteiger partial charge on any atom is -0.369 e. The molecule has 1 saturated heterocycles. The lowest BCUT2D eigenvalue weighted by molar-refractivity contribution is -0.138. The van der Waals surface area contributed by atoms with Gasteiger partial charge in [0.05, 0.1) is 17.7 Å². The van der Waals surface area contributed by atoms with Gasteiger partial charge in [0, 0.05) is 44.2 Å². The van der Waals surface area contributed by atoms with E-state index in [4.69, 9.17) is 6.42 Å². The summed E-state index contributed by atoms with van der Waals surface area (Å²) >= 11 is 0. The fraction of sp³-hybridized carbons (Fsp3) is 0.371. The van der Waals surface area contributed by atoms with Crippen LogP contribution in [0.2, 0.25) is 0 Å². The van der Waals surface area contributed by atoms with Gasteiger partial charge in [-0.05, 0) is 95.9 Å². The second kappa shape index (κ2) is 11.9. The predicted octanol–water partition coefficient (Wildman–Crippen LogP) is 7.16. The number of carbonyl (C=O) groups is 1. The molecule has 2 aromatic heterocycles. The summed E-state index contributed by atoms with van der Waals surface area (Å²) in [6.07, 6.45) is 0.967. The molecule has 1 spiro atoms. The van der Waals surface area contributed by atoms with Crippen LogP contribution in [0.25, 0.3) is 22.5 Å². The Kier molecular flexibility index (Phi) is 7.93. The van der Waals surface area contributed by atoms with Crippen molar-refractivity contribution in [2.45, 2.75) is 51.1 Å². The minimum absolute atomic E-state index is 0.0341. The van der Waals surface area contributed by atoms with Crippen molar-refractivity contribution >= 4 is 17.5 Å². The van der Waals surface area contributed by atoms with Gasteiger partial charge in [-0.3, -0.25) is 14.6 Å². The lowest BCUT2D eigenvalue weighted by atomic mass is 9.96. The molecule has 7 rings (SSSR count). The Morgan fingerprint density at radius 2 is 1.78 bits per heavy atom. The number of rotatable bonds is 8. The minimum atomic E-state index is -4.72. The van der Waals surface area contributed by atoms with Crippen molar-refractivity contribution < 1.29 is 31.1 Å². The summed E-state index contributed by atoms with van der Waals surface area (Å²) in [5.41, 5.74) is -0.729. The molecule has 1 aliphatic carbocycles. The van der Waals surface area contributed by atoms with Gasteiger partial charge in [0.1, 0.15) is 18.0 Å². The molecular weight excluding hydrogens is 648 g/mol. The van der Waals surface area contributed by atoms with Crippen LogP contribution in [0, 0.1) is 17.8 Å². The van der Waals surface area contributed by atoms with Gasteiger partial charge >= 0.3 is 12.4 Å². The van der Waals surface area contributed by atoms with Crippen LogP contribution in [0.5, 0.6) is 0 Å². The number of aromatic nitrogens is 4. The normalized spacial score (nSPS) is 17.1. The largest absolute Gasteiger partial charge is 0.416 e. The van der Waals surface area contributed by atoms with Gasteiger partial charge in [-0.1, -0.05) is 0 Å². The highest BCUT2D eigenvalue weighted by Gasteiger charge is 2.48. The van der Waals surface area contributed by atoms with E-state index < -0.39 is 35.9 Å². The number of aryl methyl sites for hydroxylation is 1. The van der Waals surface area contributed by atoms with E-state index in [2.05, 4.69) is 31.3 Å². The van der Waals surface area contributed by atoms with E-state index in [1.807, 2.05) is 0 Å². The van der Waals surface area contributed by atoms with Crippen LogP contribution < -0.4 is 10.2 Å². The van der Waals surface area contributed by atoms with Crippen molar-refractivity contribution in [3.63, 3.8) is 0 Å². The van der Waals surface area contributed by atoms with Gasteiger partial charge in [0.15, 0.2) is 5.82 Å². The Bertz CT molecular complexity index is 1990. The number of amides is 1. The number of fused-ring (bicyclic) bond motifs is 1. The number of nitrogens with zero attached hydrogens (tertiary/aromatic N) is 6. The number of hydrogen-bond acceptors (Lipinski definition) is 6. The standard InChI is InChI=1S/C35H31F6N7O/c1-3-4-10-42-29-14-22(25-16-23(34(36,37)38)5-6-24(25)31-45-43-20-46(31)2)15-30(44-29)48-18-27-26(32(48)49)12-21(13-28(27)35(39,40)41)17-47-11-9-33(19-47)7-8-33/h1,5-6,12-16,20H,4,7-11,17-19H2,2H3,(H,42,44). The first-order valence-electron chi connectivity index (χ1n) is 15.8. The highest BCUT2D eigenvalue weighted by molar-refractivity contribution is 6.10. The Morgan fingerprint density at radius 3 is 2.43 bits per heavy atom. The molecule has 2 aliphatic heterocycles. The average molecular weight is 680 g/mol. The van der Waals surface area contributed by atoms with E-state index in [0.29, 0.717) is 24.1 Å². The number of benzene rings is 2. The summed E-state index contributed by atoms with van der Waals surface area (Å²) in [7, 11) is 1.64. The Hall–Kier alpha value is -4.90. The number of terminal acetylenes is 1. The molecule has 2 aromatic carbocycles. The number of likely N-dealkylation sites (tertiary alicyclic amines) is 1. The van der Waals surface area contributed by atoms with E-state index >= 15 is 0 Å². The van der Waals surface area contributed by atoms with Crippen molar-refractivity contribution in [2.24, 2.45) is 12.5 Å². The quantitative estimate of drug-likeness (QED) is 0.121. The molecule has 254 valence electrons. The second-order valence-electron chi connectivity index (χ2n) is 13.0. The first-order valence-corrected chi connectivity index (χ1v) is 15.8. The third kappa shape index (κ3) is 6.35. The first kappa shape index (κ1) is 32.6. The zero-order valence-corrected chi connectivity index (χ0v) is 26.4. The summed E-state index contributed by atoms with van der Waals surface area (Å²) in [4.78, 5) is 21.8. The van der Waals surface area contributed by atoms with E-state index in [9.17, 15) is 31.1 Å². The van der Waals surface area contributed by atoms with Gasteiger partial charge < -0.3 is 9.88 Å². The van der Waals surface area contributed by atoms with Crippen molar-refractivity contribution in [2.75, 3.05) is 29.9 Å². The molecule has 4 aromatic rings. The number of carbonyl (C=O) groups excluding carboxylic acids is 1. The first-order chi connectivity index (χ1) is 23.2. The summed E-state index contributed by atoms with van der Waals surface area (Å²) in [6, 6.07) is 8.75. The Morgan fingerprint density at radius 1 is 0.980 bits per heavy atom. The number of pyridine rings is 1. The molecule has 4 heterocycles. The van der Waals surface area contributed by atoms with Gasteiger partial charge in [-0.2, -0.15) is 26.3 Å². The lowest BCUT2D eigenvalue weighted by Crippen LogP contribution is -2.24. The fourth-order valence-corrected chi connectivity index (χ4v) is 6.85. The Labute approximate surface area is 278 Å². The number of nitrogens with one attached hydrogen (secondary N) is 1. The Balaban J connectivity index is 1.31. The maximum absolute atomic E-state index is 14.5. The average Bonchev–Trinajstić information content (AvgIpc) is 3.31. The maximum Gasteiger partial charge on any atom is 0.416 e. The molecular formula is C35H31F6N7O. The van der Waals surface area contributed by atoms with Gasteiger partial charge in [-0.15, -0.1) is 22.5 Å². The van der Waals surface area contributed by atoms with Crippen LogP contribution in [-0.4, -0.2) is 50.2 Å². The number of hydrogen-bond donors (Lipinski definition) is 1. The molecule has 0 atom stereocenters. The highest BCUT2D eigenvalue weighted by atomic mass is 19.4. The summed E-state index contributed by atoms with van der Waals surface area (Å²) in [6.45, 7) is 1.73. The third-order valence-electron chi connectivity index (χ3n) is 9.56. The van der Waals surface area contributed by atoms with Crippen LogP contribution in [0.4, 0.5) is 38.0 Å². The van der Waals surface area contributed by atoms with Crippen LogP contribution >= 0.6 is 0 Å². The zero-order chi connectivity index (χ0) is 34.7. The summed E-state index contributed by atoms with van der Waals surface area (Å²) in [5, 5.41) is 11.0. The van der Waals surface area contributed by atoms with E-state index in [0.717, 1.165) is 55.5 Å². The van der Waals surface area contributed by atoms with Crippen molar-refractivity contribution in [3.05, 3.63) is 76.6 Å². The van der Waals surface area contributed by atoms with E-state index in [1.54, 1.807) is 11.6 Å². The number of alkyl halides is 6. The van der Waals surface area contributed by atoms with E-state index in [1.165, 1.54) is 30.6 Å². The molecule has 2 fully saturated rings. The molecule has 14 heteroatoms. The molecule has 49 heavy (non-hydrogen) atoms. The molecule has 1 N–H and O–H groups in total. The van der Waals surface area contributed by atoms with Gasteiger partial charge in [0.25, 0.3) is 5.91 Å². The second-order valence-corrected chi connectivity index (χ2v) is 13.0. The van der Waals surface area contributed by atoms with Crippen LogP contribution in [0.1, 0.15) is 58.3 Å². The topological polar surface area (TPSA) is 79.2 Å². The zero-order valence-electron chi connectivity index (χ0n) is 26.4. The molecule has 1 saturated carbocycles. The molecule has 0 bridgehead atoms. The van der Waals surface area contributed by atoms with Crippen molar-refractivity contribution in [1.29, 1.82) is 0 Å². The molecule has 3 aliphatic rings. The third-order valence-corrected chi connectivity index (χ3v) is 9.56. The lowest BCUT2D eigenvalue weighted by Gasteiger charge is -2.20. The van der Waals surface area contributed by atoms with Crippen LogP contribution in [0.15, 0.2) is 48.8 Å². The highest BCUT2D eigenvalue weighted by Crippen LogP contribution is 2.53. The van der Waals surface area contributed by atoms with Crippen molar-refractivity contribution in [3.8, 4) is 34.9 Å². The number of halogens is 6. The SMILES string of the molecule is C#CCCNc1cc(-c2cc(C(F)(F)F)ccc2-c2nncn2C)cc(N2Cc3c(cc(CN4CCC5(CC5)C4)cc3C(F)(F)F)C2=O)n1. The van der Waals surface area contributed by atoms with E-state index in [-0.39, 0.29) is 51.7 Å². The summed E-state index contributed by atoms with van der Waals surface area (Å²) in [5.74, 6) is 2.22. The molecule has 0 radical (unpaired) electrons. The predicted molar refractivity (Wildman–Crippen MR) is 170 cm³/mol. The maximum atomic E-state index is 14.5. The smallest absolute Gasteiger partial charge is 0.369 e. The molecule has 0 unspecified atom stereocenters. The van der Waals surface area contributed by atoms with Gasteiger partial charge in [0.2, 0.25) is 0 Å². The number of anilines is 2. The van der Waals surface area contributed by atoms with Gasteiger partial charge in [-0.25, -0.2) is 4.98 Å². The van der Waals surface area contributed by atoms with Crippen molar-refractivity contribution in [1.82, 2.24) is 24.6 Å².